The molecule has 0 spiro atoms. The minimum absolute atomic E-state index is 0.0414. The van der Waals surface area contributed by atoms with E-state index in [4.69, 9.17) is 17.3 Å². The van der Waals surface area contributed by atoms with Crippen molar-refractivity contribution in [1.82, 2.24) is 9.88 Å². The number of carbonyl (C=O) groups excluding carboxylic acids is 2. The maximum atomic E-state index is 13.3. The van der Waals surface area contributed by atoms with E-state index in [1.807, 2.05) is 24.0 Å². The fraction of sp³-hybridized carbons (Fsp3) is 0.522. The number of aliphatic hydroxyl groups is 1. The molecule has 1 heterocycles. The number of rotatable bonds is 13. The molecule has 2 aromatic rings. The third-order valence-corrected chi connectivity index (χ3v) is 6.50. The van der Waals surface area contributed by atoms with Crippen LogP contribution in [0.1, 0.15) is 39.5 Å². The largest absolute Gasteiger partial charge is 0.395 e. The smallest absolute Gasteiger partial charge is 0.286 e. The minimum Gasteiger partial charge on any atom is -0.395 e. The normalized spacial score (nSPS) is 12.3. The molecule has 0 fully saturated rings. The van der Waals surface area contributed by atoms with Crippen molar-refractivity contribution in [2.75, 3.05) is 36.9 Å². The lowest BCUT2D eigenvalue weighted by molar-refractivity contribution is -0.118. The molecule has 0 aliphatic heterocycles. The van der Waals surface area contributed by atoms with Crippen molar-refractivity contribution in [2.24, 2.45) is 5.73 Å². The van der Waals surface area contributed by atoms with Crippen LogP contribution < -0.4 is 10.6 Å². The van der Waals surface area contributed by atoms with E-state index in [1.165, 1.54) is 11.8 Å². The van der Waals surface area contributed by atoms with Gasteiger partial charge in [-0.3, -0.25) is 19.5 Å². The maximum Gasteiger partial charge on any atom is 0.286 e. The van der Waals surface area contributed by atoms with Crippen LogP contribution in [0, 0.1) is 0 Å². The summed E-state index contributed by atoms with van der Waals surface area (Å²) in [4.78, 5) is 32.7. The topological polar surface area (TPSA) is 99.8 Å². The molecule has 9 heteroatoms. The molecular formula is C23H33ClN4O3S. The number of pyridine rings is 1. The number of primary amides is 1. The zero-order valence-electron chi connectivity index (χ0n) is 18.8. The summed E-state index contributed by atoms with van der Waals surface area (Å²) in [5, 5.41) is 10.6. The first-order valence-electron chi connectivity index (χ1n) is 11.0. The molecule has 7 nitrogen and oxygen atoms in total. The van der Waals surface area contributed by atoms with Gasteiger partial charge in [-0.15, -0.1) is 0 Å². The predicted octanol–water partition coefficient (Wildman–Crippen LogP) is 4.30. The van der Waals surface area contributed by atoms with E-state index in [2.05, 4.69) is 16.8 Å². The standard InChI is InChI=1S/C23H33ClN4O3S/c1-3-27(13-14-29)12-4-6-17(2)28(23(31)32-15-5-7-22(25)30)21-10-11-26-20-16-18(24)8-9-19(20)21/h8-11,16-17,29H,3-7,12-15H2,1-2H3,(H2,25,30). The molecule has 0 bridgehead atoms. The van der Waals surface area contributed by atoms with E-state index in [-0.39, 0.29) is 30.2 Å². The summed E-state index contributed by atoms with van der Waals surface area (Å²) in [6, 6.07) is 7.31. The number of carbonyl (C=O) groups is 2. The summed E-state index contributed by atoms with van der Waals surface area (Å²) in [6.07, 6.45) is 4.24. The summed E-state index contributed by atoms with van der Waals surface area (Å²) in [5.74, 6) is 0.170. The molecule has 1 unspecified atom stereocenters. The SMILES string of the molecule is CCN(CCO)CCCC(C)N(C(=O)SCCCC(N)=O)c1ccnc2cc(Cl)ccc12. The summed E-state index contributed by atoms with van der Waals surface area (Å²) in [6.45, 7) is 6.66. The number of nitrogens with two attached hydrogens (primary N) is 1. The minimum atomic E-state index is -0.358. The molecule has 1 atom stereocenters. The van der Waals surface area contributed by atoms with Crippen LogP contribution >= 0.6 is 23.4 Å². The zero-order chi connectivity index (χ0) is 23.5. The Balaban J connectivity index is 2.21. The van der Waals surface area contributed by atoms with E-state index in [1.54, 1.807) is 18.3 Å². The van der Waals surface area contributed by atoms with E-state index in [9.17, 15) is 14.7 Å². The fourth-order valence-corrected chi connectivity index (χ4v) is 4.66. The number of halogens is 1. The Labute approximate surface area is 199 Å². The van der Waals surface area contributed by atoms with Gasteiger partial charge in [0.05, 0.1) is 17.8 Å². The van der Waals surface area contributed by atoms with Gasteiger partial charge in [-0.2, -0.15) is 0 Å². The number of aromatic nitrogens is 1. The second-order valence-electron chi connectivity index (χ2n) is 7.69. The van der Waals surface area contributed by atoms with Crippen molar-refractivity contribution < 1.29 is 14.7 Å². The van der Waals surface area contributed by atoms with Crippen molar-refractivity contribution in [3.05, 3.63) is 35.5 Å². The third kappa shape index (κ3) is 7.92. The Morgan fingerprint density at radius 2 is 2.03 bits per heavy atom. The molecule has 1 aromatic carbocycles. The average Bonchev–Trinajstić information content (AvgIpc) is 2.76. The maximum absolute atomic E-state index is 13.3. The first kappa shape index (κ1) is 26.4. The number of hydrogen-bond donors (Lipinski definition) is 2. The molecule has 0 saturated carbocycles. The van der Waals surface area contributed by atoms with Crippen molar-refractivity contribution in [3.8, 4) is 0 Å². The van der Waals surface area contributed by atoms with Gasteiger partial charge >= 0.3 is 0 Å². The van der Waals surface area contributed by atoms with Crippen LogP contribution in [0.25, 0.3) is 10.9 Å². The van der Waals surface area contributed by atoms with Gasteiger partial charge in [-0.05, 0) is 63.5 Å². The first-order chi connectivity index (χ1) is 15.4. The van der Waals surface area contributed by atoms with Gasteiger partial charge in [0.2, 0.25) is 5.91 Å². The molecule has 2 rings (SSSR count). The Morgan fingerprint density at radius 3 is 2.72 bits per heavy atom. The van der Waals surface area contributed by atoms with Gasteiger partial charge < -0.3 is 15.7 Å². The monoisotopic (exact) mass is 480 g/mol. The molecule has 32 heavy (non-hydrogen) atoms. The van der Waals surface area contributed by atoms with Gasteiger partial charge in [0, 0.05) is 41.4 Å². The molecule has 1 aromatic heterocycles. The molecule has 0 radical (unpaired) electrons. The Kier molecular flexibility index (Phi) is 11.2. The van der Waals surface area contributed by atoms with Gasteiger partial charge in [0.25, 0.3) is 5.24 Å². The quantitative estimate of drug-likeness (QED) is 0.415. The molecule has 2 amide bonds. The molecule has 3 N–H and O–H groups in total. The highest BCUT2D eigenvalue weighted by Gasteiger charge is 2.24. The highest BCUT2D eigenvalue weighted by molar-refractivity contribution is 8.13. The summed E-state index contributed by atoms with van der Waals surface area (Å²) < 4.78 is 0. The predicted molar refractivity (Wildman–Crippen MR) is 133 cm³/mol. The number of fused-ring (bicyclic) bond motifs is 1. The Bertz CT molecular complexity index is 899. The Morgan fingerprint density at radius 1 is 1.25 bits per heavy atom. The van der Waals surface area contributed by atoms with Gasteiger partial charge in [-0.1, -0.05) is 30.3 Å². The van der Waals surface area contributed by atoms with Crippen molar-refractivity contribution in [2.45, 2.75) is 45.6 Å². The summed E-state index contributed by atoms with van der Waals surface area (Å²) in [5.41, 5.74) is 6.75. The lowest BCUT2D eigenvalue weighted by Crippen LogP contribution is -2.37. The number of thioether (sulfide) groups is 1. The second-order valence-corrected chi connectivity index (χ2v) is 9.18. The van der Waals surface area contributed by atoms with E-state index in [0.717, 1.165) is 42.5 Å². The molecule has 0 aliphatic carbocycles. The average molecular weight is 481 g/mol. The van der Waals surface area contributed by atoms with Gasteiger partial charge in [0.1, 0.15) is 0 Å². The third-order valence-electron chi connectivity index (χ3n) is 5.33. The lowest BCUT2D eigenvalue weighted by atomic mass is 10.1. The highest BCUT2D eigenvalue weighted by atomic mass is 35.5. The van der Waals surface area contributed by atoms with Gasteiger partial charge in [-0.25, -0.2) is 0 Å². The number of hydrogen-bond acceptors (Lipinski definition) is 6. The Hall–Kier alpha value is -1.87. The van der Waals surface area contributed by atoms with Crippen LogP contribution in [-0.4, -0.2) is 64.2 Å². The van der Waals surface area contributed by atoms with E-state index in [0.29, 0.717) is 23.7 Å². The van der Waals surface area contributed by atoms with Gasteiger partial charge in [0.15, 0.2) is 0 Å². The van der Waals surface area contributed by atoms with Crippen LogP contribution in [0.5, 0.6) is 0 Å². The first-order valence-corrected chi connectivity index (χ1v) is 12.4. The van der Waals surface area contributed by atoms with E-state index >= 15 is 0 Å². The van der Waals surface area contributed by atoms with Crippen LogP contribution in [0.4, 0.5) is 10.5 Å². The molecule has 0 saturated heterocycles. The number of nitrogens with zero attached hydrogens (tertiary/aromatic N) is 3. The van der Waals surface area contributed by atoms with E-state index < -0.39 is 0 Å². The van der Waals surface area contributed by atoms with Crippen molar-refractivity contribution >= 4 is 51.1 Å². The fourth-order valence-electron chi connectivity index (χ4n) is 3.62. The zero-order valence-corrected chi connectivity index (χ0v) is 20.4. The molecule has 0 aliphatic rings. The van der Waals surface area contributed by atoms with Crippen LogP contribution in [0.15, 0.2) is 30.5 Å². The number of aliphatic hydroxyl groups excluding tert-OH is 1. The molecule has 176 valence electrons. The number of amides is 2. The van der Waals surface area contributed by atoms with Crippen LogP contribution in [-0.2, 0) is 4.79 Å². The number of likely N-dealkylation sites (N-methyl/N-ethyl adjacent to an activating group) is 1. The van der Waals surface area contributed by atoms with Crippen LogP contribution in [0.2, 0.25) is 5.02 Å². The lowest BCUT2D eigenvalue weighted by Gasteiger charge is -2.30. The second kappa shape index (κ2) is 13.6. The summed E-state index contributed by atoms with van der Waals surface area (Å²) >= 11 is 7.34. The van der Waals surface area contributed by atoms with Crippen molar-refractivity contribution in [3.63, 3.8) is 0 Å². The number of benzene rings is 1. The highest BCUT2D eigenvalue weighted by Crippen LogP contribution is 2.32. The van der Waals surface area contributed by atoms with Crippen LogP contribution in [0.3, 0.4) is 0 Å². The van der Waals surface area contributed by atoms with Crippen molar-refractivity contribution in [1.29, 1.82) is 0 Å². The molecular weight excluding hydrogens is 448 g/mol. The summed E-state index contributed by atoms with van der Waals surface area (Å²) in [7, 11) is 0. The number of anilines is 1.